The number of rotatable bonds is 8. The van der Waals surface area contributed by atoms with Gasteiger partial charge in [-0.15, -0.1) is 0 Å². The average Bonchev–Trinajstić information content (AvgIpc) is 2.52. The van der Waals surface area contributed by atoms with Gasteiger partial charge in [0.05, 0.1) is 12.7 Å². The van der Waals surface area contributed by atoms with Gasteiger partial charge in [0, 0.05) is 25.3 Å². The van der Waals surface area contributed by atoms with E-state index in [9.17, 15) is 0 Å². The summed E-state index contributed by atoms with van der Waals surface area (Å²) in [6, 6.07) is 1.27. The molecule has 2 aliphatic heterocycles. The Morgan fingerprint density at radius 3 is 2.61 bits per heavy atom. The monoisotopic (exact) mass is 326 g/mol. The summed E-state index contributed by atoms with van der Waals surface area (Å²) in [4.78, 5) is 0. The standard InChI is InChI=1S/C19H38N2O2/c1-14(2)11-20-17-5-8-23-18(10-17)9-15(3)12-21-19-6-7-22-13-16(19)4/h14-21H,5-13H2,1-4H3/t15?,16-,17?,18?,19-/m1/s1. The first-order valence-electron chi connectivity index (χ1n) is 9.70. The van der Waals surface area contributed by atoms with Crippen LogP contribution >= 0.6 is 0 Å². The van der Waals surface area contributed by atoms with Crippen LogP contribution in [0.3, 0.4) is 0 Å². The van der Waals surface area contributed by atoms with Crippen LogP contribution in [0.4, 0.5) is 0 Å². The van der Waals surface area contributed by atoms with Crippen LogP contribution in [-0.2, 0) is 9.47 Å². The zero-order valence-electron chi connectivity index (χ0n) is 15.6. The van der Waals surface area contributed by atoms with Crippen LogP contribution in [0.1, 0.15) is 53.4 Å². The molecule has 0 spiro atoms. The third kappa shape index (κ3) is 7.08. The molecular formula is C19H38N2O2. The zero-order valence-corrected chi connectivity index (χ0v) is 15.6. The first kappa shape index (κ1) is 19.2. The molecule has 4 nitrogen and oxygen atoms in total. The molecule has 0 amide bonds. The Balaban J connectivity index is 1.64. The fraction of sp³-hybridized carbons (Fsp3) is 1.00. The van der Waals surface area contributed by atoms with Gasteiger partial charge in [0.2, 0.25) is 0 Å². The van der Waals surface area contributed by atoms with Crippen molar-refractivity contribution in [3.8, 4) is 0 Å². The van der Waals surface area contributed by atoms with Crippen molar-refractivity contribution in [3.05, 3.63) is 0 Å². The minimum absolute atomic E-state index is 0.428. The maximum atomic E-state index is 6.01. The Kier molecular flexibility index (Phi) is 8.31. The van der Waals surface area contributed by atoms with E-state index >= 15 is 0 Å². The number of ether oxygens (including phenoxy) is 2. The lowest BCUT2D eigenvalue weighted by Gasteiger charge is -2.33. The lowest BCUT2D eigenvalue weighted by molar-refractivity contribution is -0.0119. The maximum Gasteiger partial charge on any atom is 0.0593 e. The van der Waals surface area contributed by atoms with Gasteiger partial charge < -0.3 is 20.1 Å². The maximum absolute atomic E-state index is 6.01. The molecule has 2 aliphatic rings. The molecule has 23 heavy (non-hydrogen) atoms. The summed E-state index contributed by atoms with van der Waals surface area (Å²) in [6.07, 6.45) is 5.08. The Labute approximate surface area is 143 Å². The lowest BCUT2D eigenvalue weighted by atomic mass is 9.93. The lowest BCUT2D eigenvalue weighted by Crippen LogP contribution is -2.44. The molecule has 3 unspecified atom stereocenters. The summed E-state index contributed by atoms with van der Waals surface area (Å²) in [5.41, 5.74) is 0. The average molecular weight is 327 g/mol. The number of nitrogens with one attached hydrogen (secondary N) is 2. The van der Waals surface area contributed by atoms with E-state index in [1.165, 1.54) is 12.8 Å². The molecule has 2 fully saturated rings. The molecule has 2 saturated heterocycles. The Bertz CT molecular complexity index is 324. The van der Waals surface area contributed by atoms with E-state index in [2.05, 4.69) is 38.3 Å². The number of hydrogen-bond donors (Lipinski definition) is 2. The predicted molar refractivity (Wildman–Crippen MR) is 95.8 cm³/mol. The molecule has 0 aromatic rings. The first-order valence-corrected chi connectivity index (χ1v) is 9.70. The van der Waals surface area contributed by atoms with Crippen molar-refractivity contribution in [2.45, 2.75) is 71.6 Å². The predicted octanol–water partition coefficient (Wildman–Crippen LogP) is 2.82. The Morgan fingerprint density at radius 2 is 1.87 bits per heavy atom. The Morgan fingerprint density at radius 1 is 1.04 bits per heavy atom. The molecule has 5 atom stereocenters. The SMILES string of the molecule is CC(C)CNC1CCOC(CC(C)CN[C@@H]2CCOC[C@H]2C)C1. The highest BCUT2D eigenvalue weighted by molar-refractivity contribution is 4.81. The summed E-state index contributed by atoms with van der Waals surface area (Å²) in [6.45, 7) is 14.1. The van der Waals surface area contributed by atoms with Crippen LogP contribution in [0.2, 0.25) is 0 Å². The fourth-order valence-electron chi connectivity index (χ4n) is 3.70. The first-order chi connectivity index (χ1) is 11.0. The zero-order chi connectivity index (χ0) is 16.7. The molecule has 4 heteroatoms. The van der Waals surface area contributed by atoms with Crippen molar-refractivity contribution >= 4 is 0 Å². The third-order valence-corrected chi connectivity index (χ3v) is 5.22. The highest BCUT2D eigenvalue weighted by Gasteiger charge is 2.25. The molecule has 2 rings (SSSR count). The minimum atomic E-state index is 0.428. The summed E-state index contributed by atoms with van der Waals surface area (Å²) < 4.78 is 11.5. The Hall–Kier alpha value is -0.160. The van der Waals surface area contributed by atoms with Gasteiger partial charge in [-0.2, -0.15) is 0 Å². The molecule has 0 saturated carbocycles. The largest absolute Gasteiger partial charge is 0.381 e. The van der Waals surface area contributed by atoms with Gasteiger partial charge >= 0.3 is 0 Å². The van der Waals surface area contributed by atoms with Crippen LogP contribution in [-0.4, -0.2) is 51.1 Å². The van der Waals surface area contributed by atoms with E-state index in [0.717, 1.165) is 51.7 Å². The molecule has 136 valence electrons. The van der Waals surface area contributed by atoms with Gasteiger partial charge in [0.15, 0.2) is 0 Å². The van der Waals surface area contributed by atoms with Crippen molar-refractivity contribution < 1.29 is 9.47 Å². The summed E-state index contributed by atoms with van der Waals surface area (Å²) in [7, 11) is 0. The van der Waals surface area contributed by atoms with Crippen LogP contribution < -0.4 is 10.6 Å². The molecule has 2 heterocycles. The van der Waals surface area contributed by atoms with E-state index < -0.39 is 0 Å². The summed E-state index contributed by atoms with van der Waals surface area (Å²) >= 11 is 0. The second-order valence-corrected chi connectivity index (χ2v) is 8.21. The molecule has 0 bridgehead atoms. The second kappa shape index (κ2) is 9.97. The van der Waals surface area contributed by atoms with Crippen molar-refractivity contribution in [1.29, 1.82) is 0 Å². The topological polar surface area (TPSA) is 42.5 Å². The van der Waals surface area contributed by atoms with Crippen LogP contribution in [0.5, 0.6) is 0 Å². The van der Waals surface area contributed by atoms with E-state index in [1.807, 2.05) is 0 Å². The second-order valence-electron chi connectivity index (χ2n) is 8.21. The molecule has 2 N–H and O–H groups in total. The van der Waals surface area contributed by atoms with E-state index in [1.54, 1.807) is 0 Å². The van der Waals surface area contributed by atoms with Crippen molar-refractivity contribution in [1.82, 2.24) is 10.6 Å². The van der Waals surface area contributed by atoms with Gasteiger partial charge in [0.1, 0.15) is 0 Å². The third-order valence-electron chi connectivity index (χ3n) is 5.22. The molecule has 0 aliphatic carbocycles. The summed E-state index contributed by atoms with van der Waals surface area (Å²) in [5, 5.41) is 7.47. The van der Waals surface area contributed by atoms with Crippen LogP contribution in [0, 0.1) is 17.8 Å². The van der Waals surface area contributed by atoms with Crippen molar-refractivity contribution in [2.24, 2.45) is 17.8 Å². The molecular weight excluding hydrogens is 288 g/mol. The van der Waals surface area contributed by atoms with Crippen molar-refractivity contribution in [2.75, 3.05) is 32.9 Å². The molecule has 0 radical (unpaired) electrons. The van der Waals surface area contributed by atoms with Crippen molar-refractivity contribution in [3.63, 3.8) is 0 Å². The summed E-state index contributed by atoms with van der Waals surface area (Å²) in [5.74, 6) is 2.02. The minimum Gasteiger partial charge on any atom is -0.381 e. The van der Waals surface area contributed by atoms with Gasteiger partial charge in [-0.3, -0.25) is 0 Å². The molecule has 0 aromatic carbocycles. The highest BCUT2D eigenvalue weighted by atomic mass is 16.5. The van der Waals surface area contributed by atoms with Gasteiger partial charge in [-0.1, -0.05) is 27.7 Å². The van der Waals surface area contributed by atoms with E-state index in [0.29, 0.717) is 30.0 Å². The number of hydrogen-bond acceptors (Lipinski definition) is 4. The van der Waals surface area contributed by atoms with Gasteiger partial charge in [-0.05, 0) is 56.5 Å². The smallest absolute Gasteiger partial charge is 0.0593 e. The quantitative estimate of drug-likeness (QED) is 0.720. The van der Waals surface area contributed by atoms with E-state index in [-0.39, 0.29) is 0 Å². The normalized spacial score (nSPS) is 33.8. The van der Waals surface area contributed by atoms with Crippen LogP contribution in [0.15, 0.2) is 0 Å². The van der Waals surface area contributed by atoms with E-state index in [4.69, 9.17) is 9.47 Å². The van der Waals surface area contributed by atoms with Crippen LogP contribution in [0.25, 0.3) is 0 Å². The fourth-order valence-corrected chi connectivity index (χ4v) is 3.70. The molecule has 0 aromatic heterocycles. The highest BCUT2D eigenvalue weighted by Crippen LogP contribution is 2.21. The van der Waals surface area contributed by atoms with Gasteiger partial charge in [-0.25, -0.2) is 0 Å². The van der Waals surface area contributed by atoms with Gasteiger partial charge in [0.25, 0.3) is 0 Å².